The number of rotatable bonds is 11. The third kappa shape index (κ3) is 7.19. The molecule has 0 radical (unpaired) electrons. The quantitative estimate of drug-likeness (QED) is 0.194. The third-order valence-corrected chi connectivity index (χ3v) is 7.28. The number of hydrogen-bond acceptors (Lipinski definition) is 6. The Kier molecular flexibility index (Phi) is 9.70. The zero-order chi connectivity index (χ0) is 24.6. The molecule has 0 N–H and O–H groups in total. The lowest BCUT2D eigenvalue weighted by atomic mass is 10.2. The Morgan fingerprint density at radius 2 is 1.91 bits per heavy atom. The number of carbonyl (C=O) groups is 1. The molecule has 0 amide bonds. The topological polar surface area (TPSA) is 66.8 Å². The van der Waals surface area contributed by atoms with E-state index in [1.165, 1.54) is 18.0 Å². The van der Waals surface area contributed by atoms with Crippen molar-refractivity contribution >= 4 is 56.3 Å². The first kappa shape index (κ1) is 26.6. The second-order valence-electron chi connectivity index (χ2n) is 7.07. The van der Waals surface area contributed by atoms with Crippen LogP contribution in [0.25, 0.3) is 4.91 Å². The summed E-state index contributed by atoms with van der Waals surface area (Å²) < 4.78 is 23.9. The van der Waals surface area contributed by atoms with Crippen molar-refractivity contribution in [3.05, 3.63) is 88.5 Å². The van der Waals surface area contributed by atoms with Crippen molar-refractivity contribution in [2.75, 3.05) is 11.3 Å². The number of thioether (sulfide) groups is 1. The Morgan fingerprint density at radius 1 is 1.21 bits per heavy atom. The fourth-order valence-corrected chi connectivity index (χ4v) is 4.69. The molecule has 0 saturated carbocycles. The van der Waals surface area contributed by atoms with Crippen molar-refractivity contribution in [3.8, 4) is 0 Å². The highest BCUT2D eigenvalue weighted by Gasteiger charge is 2.20. The van der Waals surface area contributed by atoms with Crippen molar-refractivity contribution in [2.24, 2.45) is 5.10 Å². The maximum atomic E-state index is 12.1. The van der Waals surface area contributed by atoms with Crippen LogP contribution in [0.4, 0.5) is 5.69 Å². The van der Waals surface area contributed by atoms with E-state index >= 15 is 0 Å². The van der Waals surface area contributed by atoms with Gasteiger partial charge < -0.3 is 0 Å². The van der Waals surface area contributed by atoms with Crippen LogP contribution in [0.1, 0.15) is 32.3 Å². The van der Waals surface area contributed by atoms with Crippen molar-refractivity contribution in [3.63, 3.8) is 0 Å². The number of benzene rings is 2. The molecule has 8 heteroatoms. The Balaban J connectivity index is 2.49. The smallest absolute Gasteiger partial charge is 0.175 e. The van der Waals surface area contributed by atoms with Gasteiger partial charge in [-0.2, -0.15) is 5.10 Å². The van der Waals surface area contributed by atoms with Gasteiger partial charge in [-0.3, -0.25) is 4.79 Å². The summed E-state index contributed by atoms with van der Waals surface area (Å²) in [6.07, 6.45) is 5.49. The molecule has 0 fully saturated rings. The zero-order valence-corrected chi connectivity index (χ0v) is 21.3. The number of carbonyl (C=O) groups excluding carboxylic acids is 1. The van der Waals surface area contributed by atoms with E-state index in [1.807, 2.05) is 38.1 Å². The van der Waals surface area contributed by atoms with Crippen LogP contribution in [0.2, 0.25) is 5.02 Å². The van der Waals surface area contributed by atoms with E-state index in [2.05, 4.69) is 18.4 Å². The average molecular weight is 503 g/mol. The van der Waals surface area contributed by atoms with Crippen molar-refractivity contribution in [2.45, 2.75) is 31.6 Å². The molecule has 5 nitrogen and oxygen atoms in total. The minimum Gasteiger partial charge on any atom is -0.299 e. The zero-order valence-electron chi connectivity index (χ0n) is 18.9. The lowest BCUT2D eigenvalue weighted by Gasteiger charge is -2.25. The second kappa shape index (κ2) is 12.0. The molecule has 0 spiro atoms. The molecule has 0 atom stereocenters. The van der Waals surface area contributed by atoms with Gasteiger partial charge in [0, 0.05) is 35.6 Å². The Labute approximate surface area is 205 Å². The van der Waals surface area contributed by atoms with E-state index in [1.54, 1.807) is 41.4 Å². The van der Waals surface area contributed by atoms with E-state index in [9.17, 15) is 13.2 Å². The number of nitrogens with zero attached hydrogens (tertiary/aromatic N) is 2. The number of halogens is 1. The SMILES string of the molecule is C=NN(C(=C\CC(=O)CC)/C(=C/C)SC(=C)c1cccc(S(C)(=O)=O)c1)c1ccccc1Cl. The molecule has 2 aromatic rings. The van der Waals surface area contributed by atoms with Gasteiger partial charge in [-0.1, -0.05) is 73.3 Å². The fraction of sp³-hybridized carbons (Fsp3) is 0.200. The third-order valence-electron chi connectivity index (χ3n) is 4.70. The highest BCUT2D eigenvalue weighted by molar-refractivity contribution is 8.12. The first-order valence-corrected chi connectivity index (χ1v) is 13.3. The highest BCUT2D eigenvalue weighted by atomic mass is 35.5. The van der Waals surface area contributed by atoms with Gasteiger partial charge in [-0.25, -0.2) is 13.4 Å². The Hall–Kier alpha value is -2.61. The van der Waals surface area contributed by atoms with Crippen LogP contribution in [0, 0.1) is 0 Å². The largest absolute Gasteiger partial charge is 0.299 e. The van der Waals surface area contributed by atoms with E-state index in [0.29, 0.717) is 33.3 Å². The van der Waals surface area contributed by atoms with Gasteiger partial charge in [-0.05, 0) is 36.8 Å². The van der Waals surface area contributed by atoms with Gasteiger partial charge >= 0.3 is 0 Å². The monoisotopic (exact) mass is 502 g/mol. The molecule has 0 aliphatic heterocycles. The number of allylic oxidation sites excluding steroid dienone is 2. The van der Waals surface area contributed by atoms with Crippen molar-refractivity contribution in [1.82, 2.24) is 0 Å². The fourth-order valence-electron chi connectivity index (χ4n) is 2.90. The molecule has 2 rings (SSSR count). The summed E-state index contributed by atoms with van der Waals surface area (Å²) in [4.78, 5) is 13.7. The summed E-state index contributed by atoms with van der Waals surface area (Å²) in [5.74, 6) is 0.0794. The van der Waals surface area contributed by atoms with Gasteiger partial charge in [0.1, 0.15) is 5.78 Å². The number of sulfone groups is 1. The lowest BCUT2D eigenvalue weighted by molar-refractivity contribution is -0.117. The molecular formula is C25H27ClN2O3S2. The predicted octanol–water partition coefficient (Wildman–Crippen LogP) is 6.73. The van der Waals surface area contributed by atoms with Crippen LogP contribution in [-0.4, -0.2) is 27.2 Å². The molecule has 0 bridgehead atoms. The maximum absolute atomic E-state index is 12.1. The second-order valence-corrected chi connectivity index (χ2v) is 10.6. The molecule has 0 saturated heterocycles. The highest BCUT2D eigenvalue weighted by Crippen LogP contribution is 2.40. The van der Waals surface area contributed by atoms with Crippen LogP contribution >= 0.6 is 23.4 Å². The minimum absolute atomic E-state index is 0.0794. The predicted molar refractivity (Wildman–Crippen MR) is 141 cm³/mol. The van der Waals surface area contributed by atoms with Crippen LogP contribution < -0.4 is 5.01 Å². The summed E-state index contributed by atoms with van der Waals surface area (Å²) in [5, 5.41) is 6.25. The molecule has 0 aromatic heterocycles. The molecule has 0 aliphatic rings. The van der Waals surface area contributed by atoms with E-state index in [4.69, 9.17) is 11.6 Å². The summed E-state index contributed by atoms with van der Waals surface area (Å²) in [7, 11) is -3.35. The molecule has 33 heavy (non-hydrogen) atoms. The molecule has 0 unspecified atom stereocenters. The first-order chi connectivity index (χ1) is 15.6. The lowest BCUT2D eigenvalue weighted by Crippen LogP contribution is -2.17. The van der Waals surface area contributed by atoms with Gasteiger partial charge in [0.2, 0.25) is 0 Å². The molecule has 2 aromatic carbocycles. The number of hydrazone groups is 1. The molecule has 174 valence electrons. The van der Waals surface area contributed by atoms with Gasteiger partial charge in [-0.15, -0.1) is 0 Å². The van der Waals surface area contributed by atoms with Gasteiger partial charge in [0.15, 0.2) is 9.84 Å². The number of hydrogen-bond donors (Lipinski definition) is 0. The first-order valence-electron chi connectivity index (χ1n) is 10.2. The van der Waals surface area contributed by atoms with Crippen LogP contribution in [-0.2, 0) is 14.6 Å². The van der Waals surface area contributed by atoms with Gasteiger partial charge in [0.05, 0.1) is 21.3 Å². The molecule has 0 heterocycles. The summed E-state index contributed by atoms with van der Waals surface area (Å²) in [6, 6.07) is 13.9. The van der Waals surface area contributed by atoms with Crippen LogP contribution in [0.15, 0.2) is 87.9 Å². The standard InChI is InChI=1S/C25H27ClN2O3S2/c1-6-20(29)15-16-24(28(27-4)23-14-9-8-13-22(23)26)25(7-2)32-18(3)19-11-10-12-21(17-19)33(5,30)31/h7-14,16-17H,3-4,6,15H2,1-2,5H3/b24-16-,25-7-. The van der Waals surface area contributed by atoms with Crippen molar-refractivity contribution < 1.29 is 13.2 Å². The summed E-state index contributed by atoms with van der Waals surface area (Å²) in [6.45, 7) is 11.5. The van der Waals surface area contributed by atoms with Crippen LogP contribution in [0.3, 0.4) is 0 Å². The number of ketones is 1. The Morgan fingerprint density at radius 3 is 2.48 bits per heavy atom. The average Bonchev–Trinajstić information content (AvgIpc) is 2.80. The van der Waals surface area contributed by atoms with E-state index < -0.39 is 9.84 Å². The number of para-hydroxylation sites is 1. The van der Waals surface area contributed by atoms with Gasteiger partial charge in [0.25, 0.3) is 0 Å². The molecular weight excluding hydrogens is 476 g/mol. The summed E-state index contributed by atoms with van der Waals surface area (Å²) >= 11 is 7.77. The van der Waals surface area contributed by atoms with E-state index in [0.717, 1.165) is 4.91 Å². The van der Waals surface area contributed by atoms with E-state index in [-0.39, 0.29) is 17.1 Å². The Bertz CT molecular complexity index is 1220. The maximum Gasteiger partial charge on any atom is 0.175 e. The molecule has 0 aliphatic carbocycles. The normalized spacial score (nSPS) is 12.4. The van der Waals surface area contributed by atoms with Crippen LogP contribution in [0.5, 0.6) is 0 Å². The number of Topliss-reactive ketones (excluding diaryl/α,β-unsaturated/α-hetero) is 1. The van der Waals surface area contributed by atoms with Crippen molar-refractivity contribution in [1.29, 1.82) is 0 Å². The number of anilines is 1. The minimum atomic E-state index is -3.35. The summed E-state index contributed by atoms with van der Waals surface area (Å²) in [5.41, 5.74) is 1.93.